The highest BCUT2D eigenvalue weighted by molar-refractivity contribution is 5.17. The van der Waals surface area contributed by atoms with E-state index in [1.807, 2.05) is 6.92 Å². The SMILES string of the molecule is Cc1noc(CCCN(Cc2ccc(C3CC3C)o2)C2CC2)n1. The molecular formula is C18H25N3O2. The number of nitrogens with zero attached hydrogens (tertiary/aromatic N) is 3. The van der Waals surface area contributed by atoms with Gasteiger partial charge in [0.25, 0.3) is 0 Å². The van der Waals surface area contributed by atoms with E-state index in [2.05, 4.69) is 34.1 Å². The number of hydrogen-bond donors (Lipinski definition) is 0. The number of aryl methyl sites for hydroxylation is 2. The van der Waals surface area contributed by atoms with E-state index in [4.69, 9.17) is 8.94 Å². The molecule has 0 amide bonds. The van der Waals surface area contributed by atoms with Crippen molar-refractivity contribution in [3.63, 3.8) is 0 Å². The van der Waals surface area contributed by atoms with Crippen LogP contribution in [0.3, 0.4) is 0 Å². The summed E-state index contributed by atoms with van der Waals surface area (Å²) in [6, 6.07) is 5.07. The van der Waals surface area contributed by atoms with Gasteiger partial charge in [-0.3, -0.25) is 4.90 Å². The Labute approximate surface area is 137 Å². The van der Waals surface area contributed by atoms with E-state index in [0.29, 0.717) is 5.92 Å². The van der Waals surface area contributed by atoms with Crippen LogP contribution < -0.4 is 0 Å². The van der Waals surface area contributed by atoms with Crippen molar-refractivity contribution in [2.24, 2.45) is 5.92 Å². The molecule has 0 saturated heterocycles. The fraction of sp³-hybridized carbons (Fsp3) is 0.667. The number of aromatic nitrogens is 2. The standard InChI is InChI=1S/C18H25N3O2/c1-12-10-16(12)17-8-7-15(22-17)11-21(14-5-6-14)9-3-4-18-19-13(2)20-23-18/h7-8,12,14,16H,3-6,9-11H2,1-2H3. The Kier molecular flexibility index (Phi) is 3.97. The lowest BCUT2D eigenvalue weighted by molar-refractivity contribution is 0.225. The molecule has 0 spiro atoms. The zero-order valence-electron chi connectivity index (χ0n) is 14.0. The minimum Gasteiger partial charge on any atom is -0.464 e. The Morgan fingerprint density at radius 3 is 2.78 bits per heavy atom. The second kappa shape index (κ2) is 6.11. The molecule has 2 aliphatic carbocycles. The molecule has 2 fully saturated rings. The van der Waals surface area contributed by atoms with Gasteiger partial charge in [0.1, 0.15) is 11.5 Å². The molecule has 2 aliphatic rings. The number of hydrogen-bond acceptors (Lipinski definition) is 5. The molecule has 4 rings (SSSR count). The topological polar surface area (TPSA) is 55.3 Å². The fourth-order valence-corrected chi connectivity index (χ4v) is 3.30. The molecule has 0 aliphatic heterocycles. The van der Waals surface area contributed by atoms with Crippen molar-refractivity contribution in [2.75, 3.05) is 6.54 Å². The Hall–Kier alpha value is -1.62. The van der Waals surface area contributed by atoms with Gasteiger partial charge in [-0.05, 0) is 57.2 Å². The summed E-state index contributed by atoms with van der Waals surface area (Å²) in [4.78, 5) is 6.82. The highest BCUT2D eigenvalue weighted by Gasteiger charge is 2.37. The van der Waals surface area contributed by atoms with Crippen LogP contribution in [0.4, 0.5) is 0 Å². The third kappa shape index (κ3) is 3.66. The van der Waals surface area contributed by atoms with Gasteiger partial charge in [-0.2, -0.15) is 4.98 Å². The van der Waals surface area contributed by atoms with E-state index in [1.165, 1.54) is 25.0 Å². The zero-order valence-corrected chi connectivity index (χ0v) is 14.0. The van der Waals surface area contributed by atoms with E-state index in [-0.39, 0.29) is 0 Å². The van der Waals surface area contributed by atoms with E-state index in [9.17, 15) is 0 Å². The van der Waals surface area contributed by atoms with Crippen molar-refractivity contribution in [2.45, 2.75) is 64.5 Å². The molecule has 5 heteroatoms. The van der Waals surface area contributed by atoms with Gasteiger partial charge < -0.3 is 8.94 Å². The van der Waals surface area contributed by atoms with E-state index < -0.39 is 0 Å². The van der Waals surface area contributed by atoms with E-state index in [0.717, 1.165) is 55.4 Å². The van der Waals surface area contributed by atoms with Crippen LogP contribution in [-0.2, 0) is 13.0 Å². The average Bonchev–Trinajstić information content (AvgIpc) is 3.41. The summed E-state index contributed by atoms with van der Waals surface area (Å²) in [6.45, 7) is 6.14. The largest absolute Gasteiger partial charge is 0.464 e. The number of rotatable bonds is 8. The monoisotopic (exact) mass is 315 g/mol. The molecule has 2 aromatic heterocycles. The Morgan fingerprint density at radius 1 is 1.30 bits per heavy atom. The number of furan rings is 1. The van der Waals surface area contributed by atoms with Crippen LogP contribution in [0.5, 0.6) is 0 Å². The molecule has 2 heterocycles. The summed E-state index contributed by atoms with van der Waals surface area (Å²) >= 11 is 0. The average molecular weight is 315 g/mol. The van der Waals surface area contributed by atoms with Gasteiger partial charge in [-0.1, -0.05) is 12.1 Å². The van der Waals surface area contributed by atoms with Crippen LogP contribution in [-0.4, -0.2) is 27.6 Å². The third-order valence-electron chi connectivity index (χ3n) is 4.99. The molecule has 0 radical (unpaired) electrons. The van der Waals surface area contributed by atoms with Crippen LogP contribution in [0.15, 0.2) is 21.1 Å². The summed E-state index contributed by atoms with van der Waals surface area (Å²) in [5.74, 6) is 5.23. The minimum atomic E-state index is 0.666. The third-order valence-corrected chi connectivity index (χ3v) is 4.99. The normalized spacial score (nSPS) is 23.6. The van der Waals surface area contributed by atoms with Crippen molar-refractivity contribution in [1.82, 2.24) is 15.0 Å². The smallest absolute Gasteiger partial charge is 0.226 e. The zero-order chi connectivity index (χ0) is 15.8. The first-order valence-corrected chi connectivity index (χ1v) is 8.81. The first-order chi connectivity index (χ1) is 11.2. The van der Waals surface area contributed by atoms with Gasteiger partial charge in [0.2, 0.25) is 5.89 Å². The van der Waals surface area contributed by atoms with Crippen molar-refractivity contribution < 1.29 is 8.94 Å². The van der Waals surface area contributed by atoms with Gasteiger partial charge in [0, 0.05) is 18.4 Å². The predicted octanol–water partition coefficient (Wildman–Crippen LogP) is 3.69. The Morgan fingerprint density at radius 2 is 2.13 bits per heavy atom. The summed E-state index contributed by atoms with van der Waals surface area (Å²) in [5, 5.41) is 3.85. The van der Waals surface area contributed by atoms with Gasteiger partial charge in [0.15, 0.2) is 5.82 Å². The fourth-order valence-electron chi connectivity index (χ4n) is 3.30. The van der Waals surface area contributed by atoms with Crippen molar-refractivity contribution in [1.29, 1.82) is 0 Å². The van der Waals surface area contributed by atoms with Gasteiger partial charge in [-0.25, -0.2) is 0 Å². The predicted molar refractivity (Wildman–Crippen MR) is 86.0 cm³/mol. The molecule has 2 saturated carbocycles. The highest BCUT2D eigenvalue weighted by Crippen LogP contribution is 2.47. The lowest BCUT2D eigenvalue weighted by Gasteiger charge is -2.20. The first-order valence-electron chi connectivity index (χ1n) is 8.81. The van der Waals surface area contributed by atoms with Crippen LogP contribution >= 0.6 is 0 Å². The van der Waals surface area contributed by atoms with Crippen molar-refractivity contribution in [3.05, 3.63) is 35.4 Å². The Balaban J connectivity index is 1.30. The van der Waals surface area contributed by atoms with Crippen molar-refractivity contribution in [3.8, 4) is 0 Å². The molecular weight excluding hydrogens is 290 g/mol. The molecule has 2 atom stereocenters. The molecule has 0 bridgehead atoms. The lowest BCUT2D eigenvalue weighted by atomic mass is 10.2. The maximum Gasteiger partial charge on any atom is 0.226 e. The quantitative estimate of drug-likeness (QED) is 0.743. The molecule has 2 aromatic rings. The maximum atomic E-state index is 6.07. The maximum absolute atomic E-state index is 6.07. The summed E-state index contributed by atoms with van der Waals surface area (Å²) < 4.78 is 11.3. The van der Waals surface area contributed by atoms with Gasteiger partial charge in [-0.15, -0.1) is 0 Å². The first kappa shape index (κ1) is 14.9. The van der Waals surface area contributed by atoms with Crippen LogP contribution in [0.1, 0.15) is 61.8 Å². The van der Waals surface area contributed by atoms with E-state index in [1.54, 1.807) is 0 Å². The second-order valence-electron chi connectivity index (χ2n) is 7.16. The summed E-state index contributed by atoms with van der Waals surface area (Å²) in [6.07, 6.45) is 5.81. The summed E-state index contributed by atoms with van der Waals surface area (Å²) in [7, 11) is 0. The molecule has 5 nitrogen and oxygen atoms in total. The van der Waals surface area contributed by atoms with Gasteiger partial charge >= 0.3 is 0 Å². The molecule has 124 valence electrons. The lowest BCUT2D eigenvalue weighted by Crippen LogP contribution is -2.26. The molecule has 2 unspecified atom stereocenters. The van der Waals surface area contributed by atoms with Crippen LogP contribution in [0.2, 0.25) is 0 Å². The molecule has 23 heavy (non-hydrogen) atoms. The van der Waals surface area contributed by atoms with Crippen LogP contribution in [0, 0.1) is 12.8 Å². The molecule has 0 N–H and O–H groups in total. The van der Waals surface area contributed by atoms with Gasteiger partial charge in [0.05, 0.1) is 6.54 Å². The van der Waals surface area contributed by atoms with Crippen molar-refractivity contribution >= 4 is 0 Å². The molecule has 0 aromatic carbocycles. The minimum absolute atomic E-state index is 0.666. The highest BCUT2D eigenvalue weighted by atomic mass is 16.5. The van der Waals surface area contributed by atoms with E-state index >= 15 is 0 Å². The summed E-state index contributed by atoms with van der Waals surface area (Å²) in [5.41, 5.74) is 0. The van der Waals surface area contributed by atoms with Crippen LogP contribution in [0.25, 0.3) is 0 Å². The second-order valence-corrected chi connectivity index (χ2v) is 7.16. The Bertz CT molecular complexity index is 659.